The van der Waals surface area contributed by atoms with Crippen LogP contribution in [-0.4, -0.2) is 55.5 Å². The average molecular weight is 410 g/mol. The van der Waals surface area contributed by atoms with Crippen LogP contribution < -0.4 is 29.6 Å². The molecule has 0 aromatic heterocycles. The van der Waals surface area contributed by atoms with Gasteiger partial charge in [0.15, 0.2) is 6.29 Å². The van der Waals surface area contributed by atoms with Crippen molar-refractivity contribution in [2.45, 2.75) is 45.4 Å². The Labute approximate surface area is 183 Å². The van der Waals surface area contributed by atoms with Crippen LogP contribution in [0.2, 0.25) is 0 Å². The molecule has 0 radical (unpaired) electrons. The molecule has 0 bridgehead atoms. The van der Waals surface area contributed by atoms with E-state index in [2.05, 4.69) is 0 Å². The predicted octanol–water partition coefficient (Wildman–Crippen LogP) is -1.48. The van der Waals surface area contributed by atoms with Crippen molar-refractivity contribution in [2.24, 2.45) is 11.8 Å². The van der Waals surface area contributed by atoms with Crippen LogP contribution in [0.4, 0.5) is 0 Å². The molecule has 1 aliphatic heterocycles. The number of hydrogen-bond acceptors (Lipinski definition) is 7. The van der Waals surface area contributed by atoms with Gasteiger partial charge in [-0.2, -0.15) is 0 Å². The molecule has 1 aliphatic rings. The molecule has 5 atom stereocenters. The number of hydrogen-bond donors (Lipinski definition) is 1. The zero-order valence-electron chi connectivity index (χ0n) is 16.1. The maximum Gasteiger partial charge on any atom is 1.00 e. The van der Waals surface area contributed by atoms with E-state index in [0.29, 0.717) is 13.0 Å². The van der Waals surface area contributed by atoms with E-state index < -0.39 is 34.4 Å². The summed E-state index contributed by atoms with van der Waals surface area (Å²) in [4.78, 5) is 0. The van der Waals surface area contributed by atoms with Gasteiger partial charge in [-0.3, -0.25) is 0 Å². The van der Waals surface area contributed by atoms with E-state index in [-0.39, 0.29) is 54.6 Å². The molecule has 0 saturated carbocycles. The van der Waals surface area contributed by atoms with Gasteiger partial charge in [0.2, 0.25) is 0 Å². The summed E-state index contributed by atoms with van der Waals surface area (Å²) < 4.78 is 51.0. The summed E-state index contributed by atoms with van der Waals surface area (Å²) in [6.45, 7) is 4.40. The third-order valence-electron chi connectivity index (χ3n) is 4.75. The molecule has 1 aromatic rings. The first-order valence-electron chi connectivity index (χ1n) is 8.79. The average Bonchev–Trinajstić information content (AvgIpc) is 2.59. The van der Waals surface area contributed by atoms with E-state index in [9.17, 15) is 13.0 Å². The van der Waals surface area contributed by atoms with Gasteiger partial charge in [0.25, 0.3) is 0 Å². The Morgan fingerprint density at radius 2 is 1.81 bits per heavy atom. The normalized spacial score (nSPS) is 28.5. The summed E-state index contributed by atoms with van der Waals surface area (Å²) in [5.41, 5.74) is 1.01. The molecule has 2 rings (SSSR count). The van der Waals surface area contributed by atoms with Crippen LogP contribution in [-0.2, 0) is 30.9 Å². The van der Waals surface area contributed by atoms with Crippen molar-refractivity contribution in [3.63, 3.8) is 0 Å². The second-order valence-corrected chi connectivity index (χ2v) is 8.14. The van der Waals surface area contributed by atoms with Gasteiger partial charge in [0, 0.05) is 6.61 Å². The molecular weight excluding hydrogens is 383 g/mol. The molecule has 1 saturated heterocycles. The van der Waals surface area contributed by atoms with Crippen molar-refractivity contribution >= 4 is 10.1 Å². The smallest absolute Gasteiger partial charge is 0.748 e. The number of ether oxygens (including phenoxy) is 3. The van der Waals surface area contributed by atoms with Gasteiger partial charge in [0.1, 0.15) is 6.10 Å². The summed E-state index contributed by atoms with van der Waals surface area (Å²) in [5, 5.41) is 8.94. The topological polar surface area (TPSA) is 105 Å². The summed E-state index contributed by atoms with van der Waals surface area (Å²) in [5.74, 6) is -0.848. The molecular formula is C18H27NaO7S. The Balaban J connectivity index is 0.00000364. The molecule has 9 heteroatoms. The summed E-state index contributed by atoms with van der Waals surface area (Å²) in [7, 11) is -4.41. The fourth-order valence-corrected chi connectivity index (χ4v) is 3.83. The standard InChI is InChI=1S/C18H28O7S.Na/c1-13-14(2)17(24-11-15-7-4-3-5-8-15)18(23-10-6-9-19)25-16(13)12-26(20,21)22;/h3-5,7-8,13-14,16-19H,6,9-12H2,1-2H3,(H,20,21,22);/q;+1/p-1/t13-,14-,16+,17+,18-;/m0./s1. The van der Waals surface area contributed by atoms with Gasteiger partial charge >= 0.3 is 29.6 Å². The first kappa shape index (κ1) is 25.0. The van der Waals surface area contributed by atoms with Crippen molar-refractivity contribution in [1.29, 1.82) is 0 Å². The van der Waals surface area contributed by atoms with Crippen molar-refractivity contribution in [2.75, 3.05) is 19.0 Å². The minimum atomic E-state index is -4.41. The van der Waals surface area contributed by atoms with E-state index in [1.54, 1.807) is 0 Å². The second-order valence-electron chi connectivity index (χ2n) is 6.69. The maximum atomic E-state index is 11.2. The fraction of sp³-hybridized carbons (Fsp3) is 0.667. The minimum absolute atomic E-state index is 0. The number of rotatable bonds is 9. The van der Waals surface area contributed by atoms with Crippen molar-refractivity contribution < 1.29 is 61.8 Å². The van der Waals surface area contributed by atoms with E-state index in [0.717, 1.165) is 5.56 Å². The molecule has 1 heterocycles. The van der Waals surface area contributed by atoms with Crippen LogP contribution >= 0.6 is 0 Å². The summed E-state index contributed by atoms with van der Waals surface area (Å²) in [6, 6.07) is 9.67. The maximum absolute atomic E-state index is 11.2. The molecule has 7 nitrogen and oxygen atoms in total. The molecule has 0 amide bonds. The SMILES string of the molecule is C[C@H]1[C@H](C)[C@@H](CS(=O)(=O)[O-])O[C@H](OCCCO)[C@@H]1OCc1ccccc1.[Na+]. The van der Waals surface area contributed by atoms with Crippen molar-refractivity contribution in [1.82, 2.24) is 0 Å². The van der Waals surface area contributed by atoms with E-state index in [4.69, 9.17) is 19.3 Å². The Morgan fingerprint density at radius 1 is 1.15 bits per heavy atom. The fourth-order valence-electron chi connectivity index (χ4n) is 3.05. The Kier molecular flexibility index (Phi) is 11.0. The number of aliphatic hydroxyl groups excluding tert-OH is 1. The van der Waals surface area contributed by atoms with E-state index in [1.807, 2.05) is 44.2 Å². The Bertz CT molecular complexity index is 640. The third kappa shape index (κ3) is 8.08. The minimum Gasteiger partial charge on any atom is -0.748 e. The monoisotopic (exact) mass is 410 g/mol. The molecule has 1 fully saturated rings. The van der Waals surface area contributed by atoms with Crippen LogP contribution in [0.5, 0.6) is 0 Å². The molecule has 1 N–H and O–H groups in total. The van der Waals surface area contributed by atoms with Gasteiger partial charge in [-0.25, -0.2) is 8.42 Å². The molecule has 1 aromatic carbocycles. The third-order valence-corrected chi connectivity index (χ3v) is 5.49. The van der Waals surface area contributed by atoms with Crippen LogP contribution in [0.3, 0.4) is 0 Å². The van der Waals surface area contributed by atoms with Crippen LogP contribution in [0.15, 0.2) is 30.3 Å². The molecule has 148 valence electrons. The quantitative estimate of drug-likeness (QED) is 0.301. The van der Waals surface area contributed by atoms with E-state index >= 15 is 0 Å². The zero-order chi connectivity index (χ0) is 19.2. The largest absolute Gasteiger partial charge is 1.00 e. The molecule has 27 heavy (non-hydrogen) atoms. The van der Waals surface area contributed by atoms with Crippen LogP contribution in [0.1, 0.15) is 25.8 Å². The first-order chi connectivity index (χ1) is 12.3. The van der Waals surface area contributed by atoms with Gasteiger partial charge in [-0.15, -0.1) is 0 Å². The van der Waals surface area contributed by atoms with E-state index in [1.165, 1.54) is 0 Å². The Hall–Kier alpha value is -0.0300. The zero-order valence-corrected chi connectivity index (χ0v) is 18.9. The second kappa shape index (κ2) is 11.8. The van der Waals surface area contributed by atoms with Crippen LogP contribution in [0, 0.1) is 11.8 Å². The van der Waals surface area contributed by atoms with Gasteiger partial charge in [-0.05, 0) is 23.8 Å². The van der Waals surface area contributed by atoms with Crippen molar-refractivity contribution in [3.05, 3.63) is 35.9 Å². The van der Waals surface area contributed by atoms with Crippen molar-refractivity contribution in [3.8, 4) is 0 Å². The molecule has 0 aliphatic carbocycles. The Morgan fingerprint density at radius 3 is 2.41 bits per heavy atom. The molecule has 0 spiro atoms. The predicted molar refractivity (Wildman–Crippen MR) is 94.2 cm³/mol. The number of benzene rings is 1. The van der Waals surface area contributed by atoms with Gasteiger partial charge < -0.3 is 23.9 Å². The molecule has 0 unspecified atom stereocenters. The van der Waals surface area contributed by atoms with Gasteiger partial charge in [0.05, 0.1) is 35.2 Å². The summed E-state index contributed by atoms with van der Waals surface area (Å²) in [6.07, 6.45) is -1.51. The number of aliphatic hydroxyl groups is 1. The van der Waals surface area contributed by atoms with Gasteiger partial charge in [-0.1, -0.05) is 44.2 Å². The summed E-state index contributed by atoms with van der Waals surface area (Å²) >= 11 is 0. The van der Waals surface area contributed by atoms with Crippen LogP contribution in [0.25, 0.3) is 0 Å². The first-order valence-corrected chi connectivity index (χ1v) is 10.4.